The van der Waals surface area contributed by atoms with Gasteiger partial charge in [-0.25, -0.2) is 4.79 Å². The third kappa shape index (κ3) is 4.72. The molecule has 0 radical (unpaired) electrons. The number of rotatable bonds is 4. The van der Waals surface area contributed by atoms with Crippen molar-refractivity contribution in [2.24, 2.45) is 0 Å². The van der Waals surface area contributed by atoms with Crippen molar-refractivity contribution in [1.29, 1.82) is 0 Å². The van der Waals surface area contributed by atoms with E-state index in [0.717, 1.165) is 12.0 Å². The number of aliphatic hydroxyl groups excluding tert-OH is 1. The second-order valence-electron chi connectivity index (χ2n) is 5.77. The summed E-state index contributed by atoms with van der Waals surface area (Å²) in [6.07, 6.45) is -0.175. The maximum Gasteiger partial charge on any atom is 0.410 e. The average Bonchev–Trinajstić information content (AvgIpc) is 2.47. The highest BCUT2D eigenvalue weighted by atomic mass is 16.6. The first-order valence-corrected chi connectivity index (χ1v) is 7.46. The summed E-state index contributed by atoms with van der Waals surface area (Å²) in [6.45, 7) is 5.29. The Kier molecular flexibility index (Phi) is 5.59. The number of nitrogens with one attached hydrogen (secondary N) is 1. The smallest absolute Gasteiger partial charge is 0.410 e. The van der Waals surface area contributed by atoms with Crippen LogP contribution in [-0.4, -0.2) is 47.4 Å². The van der Waals surface area contributed by atoms with Gasteiger partial charge >= 0.3 is 6.09 Å². The molecule has 0 aromatic heterocycles. The van der Waals surface area contributed by atoms with Gasteiger partial charge in [0.1, 0.15) is 6.61 Å². The Morgan fingerprint density at radius 2 is 2.14 bits per heavy atom. The lowest BCUT2D eigenvalue weighted by Crippen LogP contribution is -2.55. The van der Waals surface area contributed by atoms with E-state index in [2.05, 4.69) is 5.32 Å². The van der Waals surface area contributed by atoms with E-state index in [-0.39, 0.29) is 18.7 Å². The molecule has 1 aromatic rings. The highest BCUT2D eigenvalue weighted by Crippen LogP contribution is 2.14. The number of aliphatic hydroxyl groups is 1. The van der Waals surface area contributed by atoms with Gasteiger partial charge in [0, 0.05) is 18.6 Å². The van der Waals surface area contributed by atoms with Crippen molar-refractivity contribution in [2.45, 2.75) is 45.1 Å². The molecule has 0 spiro atoms. The van der Waals surface area contributed by atoms with Gasteiger partial charge in [-0.3, -0.25) is 0 Å². The first-order valence-electron chi connectivity index (χ1n) is 7.46. The number of benzene rings is 1. The van der Waals surface area contributed by atoms with E-state index in [1.807, 2.05) is 44.2 Å². The third-order valence-corrected chi connectivity index (χ3v) is 3.59. The van der Waals surface area contributed by atoms with Crippen LogP contribution < -0.4 is 5.32 Å². The standard InChI is InChI=1S/C16H24N2O3/c1-12(2)17-14-8-9-18(10-15(14)19)16(20)21-11-13-6-4-3-5-7-13/h3-7,12,14-15,17,19H,8-11H2,1-2H3/t14-,15+/m1/s1. The van der Waals surface area contributed by atoms with Gasteiger partial charge < -0.3 is 20.1 Å². The fraction of sp³-hybridized carbons (Fsp3) is 0.562. The largest absolute Gasteiger partial charge is 0.445 e. The molecule has 21 heavy (non-hydrogen) atoms. The highest BCUT2D eigenvalue weighted by Gasteiger charge is 2.30. The monoisotopic (exact) mass is 292 g/mol. The topological polar surface area (TPSA) is 61.8 Å². The van der Waals surface area contributed by atoms with E-state index in [0.29, 0.717) is 19.1 Å². The summed E-state index contributed by atoms with van der Waals surface area (Å²) in [7, 11) is 0. The normalized spacial score (nSPS) is 22.4. The predicted octanol–water partition coefficient (Wildman–Crippen LogP) is 1.76. The van der Waals surface area contributed by atoms with E-state index in [1.54, 1.807) is 4.90 Å². The summed E-state index contributed by atoms with van der Waals surface area (Å²) in [5, 5.41) is 13.4. The fourth-order valence-electron chi connectivity index (χ4n) is 2.53. The zero-order valence-corrected chi connectivity index (χ0v) is 12.7. The Morgan fingerprint density at radius 1 is 1.43 bits per heavy atom. The van der Waals surface area contributed by atoms with Gasteiger partial charge in [-0.1, -0.05) is 44.2 Å². The molecule has 1 saturated heterocycles. The molecule has 0 bridgehead atoms. The molecule has 5 nitrogen and oxygen atoms in total. The number of hydrogen-bond donors (Lipinski definition) is 2. The lowest BCUT2D eigenvalue weighted by molar-refractivity contribution is 0.0256. The van der Waals surface area contributed by atoms with Crippen molar-refractivity contribution in [2.75, 3.05) is 13.1 Å². The van der Waals surface area contributed by atoms with E-state index in [1.165, 1.54) is 0 Å². The average molecular weight is 292 g/mol. The van der Waals surface area contributed by atoms with Gasteiger partial charge in [0.05, 0.1) is 12.6 Å². The van der Waals surface area contributed by atoms with Gasteiger partial charge in [-0.15, -0.1) is 0 Å². The van der Waals surface area contributed by atoms with Crippen molar-refractivity contribution in [3.05, 3.63) is 35.9 Å². The SMILES string of the molecule is CC(C)N[C@@H]1CCN(C(=O)OCc2ccccc2)C[C@@H]1O. The minimum atomic E-state index is -0.551. The predicted molar refractivity (Wildman–Crippen MR) is 80.9 cm³/mol. The number of carbonyl (C=O) groups excluding carboxylic acids is 1. The number of β-amino-alcohol motifs (C(OH)–C–C–N with tert-alkyl or cyclic N) is 1. The zero-order chi connectivity index (χ0) is 15.2. The lowest BCUT2D eigenvalue weighted by Gasteiger charge is -2.36. The number of ether oxygens (including phenoxy) is 1. The van der Waals surface area contributed by atoms with E-state index in [4.69, 9.17) is 4.74 Å². The second kappa shape index (κ2) is 7.43. The summed E-state index contributed by atoms with van der Waals surface area (Å²) in [4.78, 5) is 13.6. The van der Waals surface area contributed by atoms with Crippen LogP contribution in [-0.2, 0) is 11.3 Å². The van der Waals surface area contributed by atoms with Gasteiger partial charge in [0.2, 0.25) is 0 Å². The van der Waals surface area contributed by atoms with Crippen molar-refractivity contribution in [3.8, 4) is 0 Å². The molecule has 1 amide bonds. The first-order chi connectivity index (χ1) is 10.1. The van der Waals surface area contributed by atoms with Crippen LogP contribution in [0.4, 0.5) is 4.79 Å². The summed E-state index contributed by atoms with van der Waals surface area (Å²) < 4.78 is 5.29. The van der Waals surface area contributed by atoms with Crippen LogP contribution in [0.3, 0.4) is 0 Å². The molecule has 1 fully saturated rings. The second-order valence-corrected chi connectivity index (χ2v) is 5.77. The van der Waals surface area contributed by atoms with Crippen LogP contribution in [0.25, 0.3) is 0 Å². The fourth-order valence-corrected chi connectivity index (χ4v) is 2.53. The highest BCUT2D eigenvalue weighted by molar-refractivity contribution is 5.67. The maximum absolute atomic E-state index is 12.0. The Morgan fingerprint density at radius 3 is 2.76 bits per heavy atom. The summed E-state index contributed by atoms with van der Waals surface area (Å²) >= 11 is 0. The lowest BCUT2D eigenvalue weighted by atomic mass is 10.0. The van der Waals surface area contributed by atoms with Crippen LogP contribution >= 0.6 is 0 Å². The minimum absolute atomic E-state index is 0.0446. The van der Waals surface area contributed by atoms with Crippen LogP contribution in [0.5, 0.6) is 0 Å². The van der Waals surface area contributed by atoms with E-state index >= 15 is 0 Å². The quantitative estimate of drug-likeness (QED) is 0.887. The van der Waals surface area contributed by atoms with Gasteiger partial charge in [-0.2, -0.15) is 0 Å². The number of piperidine rings is 1. The van der Waals surface area contributed by atoms with Gasteiger partial charge in [0.25, 0.3) is 0 Å². The number of likely N-dealkylation sites (tertiary alicyclic amines) is 1. The summed E-state index contributed by atoms with van der Waals surface area (Å²) in [5.74, 6) is 0. The zero-order valence-electron chi connectivity index (χ0n) is 12.7. The summed E-state index contributed by atoms with van der Waals surface area (Å²) in [6, 6.07) is 9.95. The van der Waals surface area contributed by atoms with Crippen molar-refractivity contribution >= 4 is 6.09 Å². The van der Waals surface area contributed by atoms with Gasteiger partial charge in [0.15, 0.2) is 0 Å². The summed E-state index contributed by atoms with van der Waals surface area (Å²) in [5.41, 5.74) is 0.961. The molecule has 2 N–H and O–H groups in total. The molecule has 1 aliphatic rings. The molecule has 0 saturated carbocycles. The third-order valence-electron chi connectivity index (χ3n) is 3.59. The Labute approximate surface area is 125 Å². The molecular formula is C16H24N2O3. The van der Waals surface area contributed by atoms with Crippen LogP contribution in [0.2, 0.25) is 0 Å². The molecular weight excluding hydrogens is 268 g/mol. The first kappa shape index (κ1) is 15.8. The molecule has 0 unspecified atom stereocenters. The molecule has 5 heteroatoms. The molecule has 1 heterocycles. The maximum atomic E-state index is 12.0. The van der Waals surface area contributed by atoms with E-state index in [9.17, 15) is 9.90 Å². The number of carbonyl (C=O) groups is 1. The number of amides is 1. The van der Waals surface area contributed by atoms with Crippen LogP contribution in [0.1, 0.15) is 25.8 Å². The molecule has 2 rings (SSSR count). The van der Waals surface area contributed by atoms with Crippen molar-refractivity contribution < 1.29 is 14.6 Å². The molecule has 0 aliphatic carbocycles. The molecule has 1 aromatic carbocycles. The molecule has 1 aliphatic heterocycles. The minimum Gasteiger partial charge on any atom is -0.445 e. The molecule has 116 valence electrons. The molecule has 2 atom stereocenters. The van der Waals surface area contributed by atoms with Crippen LogP contribution in [0, 0.1) is 0 Å². The van der Waals surface area contributed by atoms with E-state index < -0.39 is 6.10 Å². The Bertz CT molecular complexity index is 450. The Hall–Kier alpha value is -1.59. The Balaban J connectivity index is 1.79. The van der Waals surface area contributed by atoms with Gasteiger partial charge in [-0.05, 0) is 12.0 Å². The van der Waals surface area contributed by atoms with Crippen molar-refractivity contribution in [1.82, 2.24) is 10.2 Å². The number of nitrogens with zero attached hydrogens (tertiary/aromatic N) is 1. The number of hydrogen-bond acceptors (Lipinski definition) is 4. The van der Waals surface area contributed by atoms with Crippen molar-refractivity contribution in [3.63, 3.8) is 0 Å². The van der Waals surface area contributed by atoms with Crippen LogP contribution in [0.15, 0.2) is 30.3 Å².